The average Bonchev–Trinajstić information content (AvgIpc) is 3.05. The van der Waals surface area contributed by atoms with Crippen molar-refractivity contribution in [3.8, 4) is 0 Å². The van der Waals surface area contributed by atoms with Crippen molar-refractivity contribution in [2.24, 2.45) is 5.92 Å². The summed E-state index contributed by atoms with van der Waals surface area (Å²) < 4.78 is 1.29. The third-order valence-electron chi connectivity index (χ3n) is 3.60. The Balaban J connectivity index is 1.68. The SMILES string of the molecule is CC(CC1CC1)NC(C)c1nc2ccccc2s1. The number of benzene rings is 1. The van der Waals surface area contributed by atoms with Crippen LogP contribution in [0.25, 0.3) is 10.2 Å². The lowest BCUT2D eigenvalue weighted by molar-refractivity contribution is 0.438. The van der Waals surface area contributed by atoms with Crippen LogP contribution in [0.5, 0.6) is 0 Å². The molecule has 18 heavy (non-hydrogen) atoms. The number of nitrogens with one attached hydrogen (secondary N) is 1. The molecule has 0 amide bonds. The average molecular weight is 260 g/mol. The summed E-state index contributed by atoms with van der Waals surface area (Å²) in [6.45, 7) is 4.52. The molecule has 1 aliphatic carbocycles. The highest BCUT2D eigenvalue weighted by molar-refractivity contribution is 7.18. The zero-order chi connectivity index (χ0) is 12.5. The number of nitrogens with zero attached hydrogens (tertiary/aromatic N) is 1. The largest absolute Gasteiger partial charge is 0.306 e. The molecular formula is C15H20N2S. The summed E-state index contributed by atoms with van der Waals surface area (Å²) in [6.07, 6.45) is 4.18. The van der Waals surface area contributed by atoms with Gasteiger partial charge in [-0.3, -0.25) is 0 Å². The van der Waals surface area contributed by atoms with Crippen molar-refractivity contribution >= 4 is 21.6 Å². The Hall–Kier alpha value is -0.930. The number of fused-ring (bicyclic) bond motifs is 1. The lowest BCUT2D eigenvalue weighted by Gasteiger charge is -2.18. The topological polar surface area (TPSA) is 24.9 Å². The van der Waals surface area contributed by atoms with Crippen molar-refractivity contribution in [3.05, 3.63) is 29.3 Å². The summed E-state index contributed by atoms with van der Waals surface area (Å²) >= 11 is 1.81. The molecule has 3 heteroatoms. The highest BCUT2D eigenvalue weighted by Gasteiger charge is 2.24. The Morgan fingerprint density at radius 2 is 2.11 bits per heavy atom. The van der Waals surface area contributed by atoms with Crippen LogP contribution in [0.4, 0.5) is 0 Å². The van der Waals surface area contributed by atoms with Crippen LogP contribution in [-0.4, -0.2) is 11.0 Å². The van der Waals surface area contributed by atoms with Gasteiger partial charge < -0.3 is 5.32 Å². The van der Waals surface area contributed by atoms with Crippen LogP contribution >= 0.6 is 11.3 Å². The van der Waals surface area contributed by atoms with E-state index in [9.17, 15) is 0 Å². The van der Waals surface area contributed by atoms with Gasteiger partial charge in [0.15, 0.2) is 0 Å². The second-order valence-electron chi connectivity index (χ2n) is 5.49. The summed E-state index contributed by atoms with van der Waals surface area (Å²) in [4.78, 5) is 4.72. The van der Waals surface area contributed by atoms with Crippen LogP contribution < -0.4 is 5.32 Å². The molecular weight excluding hydrogens is 240 g/mol. The minimum Gasteiger partial charge on any atom is -0.306 e. The van der Waals surface area contributed by atoms with Gasteiger partial charge in [-0.1, -0.05) is 25.0 Å². The van der Waals surface area contributed by atoms with E-state index in [4.69, 9.17) is 4.98 Å². The molecule has 2 unspecified atom stereocenters. The number of hydrogen-bond acceptors (Lipinski definition) is 3. The van der Waals surface area contributed by atoms with E-state index in [-0.39, 0.29) is 0 Å². The summed E-state index contributed by atoms with van der Waals surface area (Å²) in [5, 5.41) is 4.88. The predicted octanol–water partition coefficient (Wildman–Crippen LogP) is 4.14. The second-order valence-corrected chi connectivity index (χ2v) is 6.55. The standard InChI is InChI=1S/C15H20N2S/c1-10(9-12-7-8-12)16-11(2)15-17-13-5-3-4-6-14(13)18-15/h3-6,10-12,16H,7-9H2,1-2H3. The van der Waals surface area contributed by atoms with Crippen molar-refractivity contribution in [1.82, 2.24) is 10.3 Å². The van der Waals surface area contributed by atoms with Gasteiger partial charge in [-0.2, -0.15) is 0 Å². The van der Waals surface area contributed by atoms with Crippen molar-refractivity contribution in [3.63, 3.8) is 0 Å². The third-order valence-corrected chi connectivity index (χ3v) is 4.82. The normalized spacial score (nSPS) is 19.0. The van der Waals surface area contributed by atoms with Crippen LogP contribution in [0.2, 0.25) is 0 Å². The lowest BCUT2D eigenvalue weighted by atomic mass is 10.1. The zero-order valence-electron chi connectivity index (χ0n) is 11.0. The monoisotopic (exact) mass is 260 g/mol. The number of thiazole rings is 1. The number of hydrogen-bond donors (Lipinski definition) is 1. The van der Waals surface area contributed by atoms with Gasteiger partial charge >= 0.3 is 0 Å². The molecule has 0 bridgehead atoms. The van der Waals surface area contributed by atoms with Gasteiger partial charge in [0.2, 0.25) is 0 Å². The maximum absolute atomic E-state index is 4.72. The van der Waals surface area contributed by atoms with Crippen LogP contribution in [0.1, 0.15) is 44.2 Å². The molecule has 96 valence electrons. The first-order chi connectivity index (χ1) is 8.72. The molecule has 1 N–H and O–H groups in total. The van der Waals surface area contributed by atoms with E-state index in [1.807, 2.05) is 11.3 Å². The zero-order valence-corrected chi connectivity index (χ0v) is 11.8. The number of para-hydroxylation sites is 1. The molecule has 1 aromatic heterocycles. The smallest absolute Gasteiger partial charge is 0.111 e. The molecule has 1 aromatic carbocycles. The maximum Gasteiger partial charge on any atom is 0.111 e. The van der Waals surface area contributed by atoms with E-state index in [0.29, 0.717) is 12.1 Å². The lowest BCUT2D eigenvalue weighted by Crippen LogP contribution is -2.29. The van der Waals surface area contributed by atoms with E-state index in [1.54, 1.807) is 0 Å². The third kappa shape index (κ3) is 2.73. The summed E-state index contributed by atoms with van der Waals surface area (Å²) in [7, 11) is 0. The maximum atomic E-state index is 4.72. The van der Waals surface area contributed by atoms with Crippen LogP contribution in [0.15, 0.2) is 24.3 Å². The molecule has 0 aliphatic heterocycles. The molecule has 2 aromatic rings. The summed E-state index contributed by atoms with van der Waals surface area (Å²) in [5.41, 5.74) is 1.13. The van der Waals surface area contributed by atoms with Gasteiger partial charge in [0, 0.05) is 6.04 Å². The van der Waals surface area contributed by atoms with E-state index in [1.165, 1.54) is 29.0 Å². The van der Waals surface area contributed by atoms with Crippen molar-refractivity contribution in [2.45, 2.75) is 45.2 Å². The minimum absolute atomic E-state index is 0.358. The van der Waals surface area contributed by atoms with Crippen LogP contribution in [0.3, 0.4) is 0 Å². The quantitative estimate of drug-likeness (QED) is 0.874. The van der Waals surface area contributed by atoms with Crippen LogP contribution in [-0.2, 0) is 0 Å². The molecule has 0 spiro atoms. The molecule has 1 saturated carbocycles. The predicted molar refractivity (Wildman–Crippen MR) is 78.0 cm³/mol. The first-order valence-electron chi connectivity index (χ1n) is 6.84. The summed E-state index contributed by atoms with van der Waals surface area (Å²) in [5.74, 6) is 0.982. The Kier molecular flexibility index (Phi) is 3.35. The molecule has 2 atom stereocenters. The van der Waals surface area contributed by atoms with Gasteiger partial charge in [-0.05, 0) is 38.3 Å². The number of aromatic nitrogens is 1. The Labute approximate surface area is 112 Å². The van der Waals surface area contributed by atoms with Gasteiger partial charge in [0.05, 0.1) is 16.3 Å². The molecule has 0 radical (unpaired) electrons. The van der Waals surface area contributed by atoms with Gasteiger partial charge in [-0.25, -0.2) is 4.98 Å². The van der Waals surface area contributed by atoms with Gasteiger partial charge in [0.1, 0.15) is 5.01 Å². The molecule has 1 fully saturated rings. The Bertz CT molecular complexity index is 497. The van der Waals surface area contributed by atoms with E-state index < -0.39 is 0 Å². The summed E-state index contributed by atoms with van der Waals surface area (Å²) in [6, 6.07) is 9.33. The molecule has 3 rings (SSSR count). The fourth-order valence-corrected chi connectivity index (χ4v) is 3.47. The van der Waals surface area contributed by atoms with Gasteiger partial charge in [-0.15, -0.1) is 11.3 Å². The van der Waals surface area contributed by atoms with E-state index in [2.05, 4.69) is 43.4 Å². The van der Waals surface area contributed by atoms with E-state index >= 15 is 0 Å². The number of rotatable bonds is 5. The fourth-order valence-electron chi connectivity index (χ4n) is 2.49. The van der Waals surface area contributed by atoms with Crippen molar-refractivity contribution < 1.29 is 0 Å². The van der Waals surface area contributed by atoms with Crippen molar-refractivity contribution in [1.29, 1.82) is 0 Å². The molecule has 2 nitrogen and oxygen atoms in total. The van der Waals surface area contributed by atoms with Crippen molar-refractivity contribution in [2.75, 3.05) is 0 Å². The fraction of sp³-hybridized carbons (Fsp3) is 0.533. The molecule has 0 saturated heterocycles. The second kappa shape index (κ2) is 4.98. The Morgan fingerprint density at radius 1 is 1.33 bits per heavy atom. The van der Waals surface area contributed by atoms with Crippen LogP contribution in [0, 0.1) is 5.92 Å². The first kappa shape index (κ1) is 12.1. The minimum atomic E-state index is 0.358. The Morgan fingerprint density at radius 3 is 2.83 bits per heavy atom. The molecule has 1 heterocycles. The highest BCUT2D eigenvalue weighted by Crippen LogP contribution is 2.34. The first-order valence-corrected chi connectivity index (χ1v) is 7.65. The highest BCUT2D eigenvalue weighted by atomic mass is 32.1. The molecule has 1 aliphatic rings. The van der Waals surface area contributed by atoms with Gasteiger partial charge in [0.25, 0.3) is 0 Å². The van der Waals surface area contributed by atoms with E-state index in [0.717, 1.165) is 11.4 Å².